The number of nitrogens with one attached hydrogen (secondary N) is 1. The fraction of sp³-hybridized carbons (Fsp3) is 0.500. The molecule has 1 aromatic rings. The molecule has 104 valence electrons. The highest BCUT2D eigenvalue weighted by Crippen LogP contribution is 2.09. The van der Waals surface area contributed by atoms with E-state index < -0.39 is 10.0 Å². The number of benzene rings is 1. The molecule has 0 heterocycles. The fourth-order valence-corrected chi connectivity index (χ4v) is 2.99. The molecular formula is C14H20N2O2S. The molecule has 0 aliphatic rings. The van der Waals surface area contributed by atoms with Gasteiger partial charge in [0.15, 0.2) is 0 Å². The van der Waals surface area contributed by atoms with Gasteiger partial charge in [0.25, 0.3) is 0 Å². The van der Waals surface area contributed by atoms with Crippen LogP contribution in [-0.2, 0) is 15.8 Å². The van der Waals surface area contributed by atoms with Crippen LogP contribution in [0.5, 0.6) is 0 Å². The molecule has 0 bridgehead atoms. The number of sulfonamides is 1. The summed E-state index contributed by atoms with van der Waals surface area (Å²) in [7, 11) is -3.30. The second kappa shape index (κ2) is 7.27. The van der Waals surface area contributed by atoms with E-state index >= 15 is 0 Å². The van der Waals surface area contributed by atoms with Crippen molar-refractivity contribution in [1.29, 1.82) is 5.26 Å². The van der Waals surface area contributed by atoms with Crippen molar-refractivity contribution in [3.63, 3.8) is 0 Å². The van der Waals surface area contributed by atoms with Crippen LogP contribution in [0.4, 0.5) is 0 Å². The van der Waals surface area contributed by atoms with Crippen molar-refractivity contribution in [2.24, 2.45) is 5.92 Å². The Labute approximate surface area is 115 Å². The normalized spacial score (nSPS) is 11.5. The van der Waals surface area contributed by atoms with Crippen LogP contribution >= 0.6 is 0 Å². The van der Waals surface area contributed by atoms with E-state index in [-0.39, 0.29) is 5.75 Å². The minimum absolute atomic E-state index is 0.0428. The van der Waals surface area contributed by atoms with E-state index in [0.717, 1.165) is 12.8 Å². The molecule has 0 saturated heterocycles. The van der Waals surface area contributed by atoms with Gasteiger partial charge in [-0.2, -0.15) is 5.26 Å². The standard InChI is InChI=1S/C14H20N2O2S/c1-3-12(4-2)10-16-19(17,18)11-14-7-5-13(9-15)6-8-14/h5-8,12,16H,3-4,10-11H2,1-2H3. The zero-order chi connectivity index (χ0) is 14.3. The summed E-state index contributed by atoms with van der Waals surface area (Å²) in [6.07, 6.45) is 1.94. The highest BCUT2D eigenvalue weighted by molar-refractivity contribution is 7.88. The minimum atomic E-state index is -3.30. The van der Waals surface area contributed by atoms with Crippen LogP contribution in [-0.4, -0.2) is 15.0 Å². The van der Waals surface area contributed by atoms with Crippen molar-refractivity contribution in [3.8, 4) is 6.07 Å². The number of nitrogens with zero attached hydrogens (tertiary/aromatic N) is 1. The maximum atomic E-state index is 11.9. The van der Waals surface area contributed by atoms with Crippen LogP contribution in [0.25, 0.3) is 0 Å². The summed E-state index contributed by atoms with van der Waals surface area (Å²) in [5.74, 6) is 0.342. The molecule has 19 heavy (non-hydrogen) atoms. The first-order valence-electron chi connectivity index (χ1n) is 6.47. The summed E-state index contributed by atoms with van der Waals surface area (Å²) in [5, 5.41) is 8.68. The van der Waals surface area contributed by atoms with Gasteiger partial charge in [-0.1, -0.05) is 38.8 Å². The van der Waals surface area contributed by atoms with E-state index in [0.29, 0.717) is 23.6 Å². The van der Waals surface area contributed by atoms with Gasteiger partial charge in [-0.05, 0) is 23.6 Å². The van der Waals surface area contributed by atoms with E-state index in [1.807, 2.05) is 6.07 Å². The molecule has 0 aromatic heterocycles. The summed E-state index contributed by atoms with van der Waals surface area (Å²) >= 11 is 0. The van der Waals surface area contributed by atoms with Crippen molar-refractivity contribution in [3.05, 3.63) is 35.4 Å². The monoisotopic (exact) mass is 280 g/mol. The first kappa shape index (κ1) is 15.7. The van der Waals surface area contributed by atoms with E-state index in [2.05, 4.69) is 18.6 Å². The second-order valence-electron chi connectivity index (χ2n) is 4.60. The number of hydrogen-bond acceptors (Lipinski definition) is 3. The topological polar surface area (TPSA) is 70.0 Å². The predicted molar refractivity (Wildman–Crippen MR) is 75.9 cm³/mol. The van der Waals surface area contributed by atoms with Crippen LogP contribution in [0.2, 0.25) is 0 Å². The predicted octanol–water partition coefficient (Wildman–Crippen LogP) is 2.41. The first-order valence-corrected chi connectivity index (χ1v) is 8.12. The molecule has 0 radical (unpaired) electrons. The maximum Gasteiger partial charge on any atom is 0.215 e. The Morgan fingerprint density at radius 2 is 1.79 bits per heavy atom. The van der Waals surface area contributed by atoms with Gasteiger partial charge in [0.2, 0.25) is 10.0 Å². The van der Waals surface area contributed by atoms with Crippen molar-refractivity contribution in [1.82, 2.24) is 4.72 Å². The SMILES string of the molecule is CCC(CC)CNS(=O)(=O)Cc1ccc(C#N)cc1. The number of hydrogen-bond donors (Lipinski definition) is 1. The van der Waals surface area contributed by atoms with Gasteiger partial charge in [-0.15, -0.1) is 0 Å². The summed E-state index contributed by atoms with van der Waals surface area (Å²) in [6.45, 7) is 4.61. The molecular weight excluding hydrogens is 260 g/mol. The van der Waals surface area contributed by atoms with Gasteiger partial charge in [0.1, 0.15) is 0 Å². The Morgan fingerprint density at radius 1 is 1.21 bits per heavy atom. The molecule has 0 atom stereocenters. The van der Waals surface area contributed by atoms with Crippen molar-refractivity contribution >= 4 is 10.0 Å². The van der Waals surface area contributed by atoms with Crippen molar-refractivity contribution in [2.75, 3.05) is 6.54 Å². The van der Waals surface area contributed by atoms with Crippen molar-refractivity contribution < 1.29 is 8.42 Å². The first-order chi connectivity index (χ1) is 9.00. The zero-order valence-electron chi connectivity index (χ0n) is 11.4. The number of nitriles is 1. The molecule has 0 aliphatic carbocycles. The lowest BCUT2D eigenvalue weighted by molar-refractivity contribution is 0.478. The molecule has 0 aliphatic heterocycles. The van der Waals surface area contributed by atoms with Crippen molar-refractivity contribution in [2.45, 2.75) is 32.4 Å². The van der Waals surface area contributed by atoms with Crippen LogP contribution in [0.1, 0.15) is 37.8 Å². The average Bonchev–Trinajstić information content (AvgIpc) is 2.40. The molecule has 0 saturated carbocycles. The summed E-state index contributed by atoms with van der Waals surface area (Å²) in [5.41, 5.74) is 1.22. The molecule has 5 heteroatoms. The largest absolute Gasteiger partial charge is 0.215 e. The average molecular weight is 280 g/mol. The molecule has 0 fully saturated rings. The molecule has 1 rings (SSSR count). The molecule has 0 unspecified atom stereocenters. The lowest BCUT2D eigenvalue weighted by Gasteiger charge is -2.13. The summed E-state index contributed by atoms with van der Waals surface area (Å²) < 4.78 is 26.5. The van der Waals surface area contributed by atoms with Gasteiger partial charge in [-0.3, -0.25) is 0 Å². The molecule has 0 amide bonds. The number of rotatable bonds is 7. The van der Waals surface area contributed by atoms with Gasteiger partial charge in [0.05, 0.1) is 17.4 Å². The Morgan fingerprint density at radius 3 is 2.26 bits per heavy atom. The highest BCUT2D eigenvalue weighted by Gasteiger charge is 2.13. The minimum Gasteiger partial charge on any atom is -0.215 e. The van der Waals surface area contributed by atoms with Crippen LogP contribution in [0.15, 0.2) is 24.3 Å². The molecule has 1 aromatic carbocycles. The molecule has 0 spiro atoms. The maximum absolute atomic E-state index is 11.9. The van der Waals surface area contributed by atoms with Crippen LogP contribution in [0.3, 0.4) is 0 Å². The highest BCUT2D eigenvalue weighted by atomic mass is 32.2. The quantitative estimate of drug-likeness (QED) is 0.833. The third kappa shape index (κ3) is 5.41. The van der Waals surface area contributed by atoms with Crippen LogP contribution < -0.4 is 4.72 Å². The third-order valence-corrected chi connectivity index (χ3v) is 4.51. The van der Waals surface area contributed by atoms with Gasteiger partial charge < -0.3 is 0 Å². The van der Waals surface area contributed by atoms with Crippen LogP contribution in [0, 0.1) is 17.2 Å². The zero-order valence-corrected chi connectivity index (χ0v) is 12.2. The lowest BCUT2D eigenvalue weighted by atomic mass is 10.0. The Kier molecular flexibility index (Phi) is 6.00. The Bertz CT molecular complexity index is 526. The van der Waals surface area contributed by atoms with Gasteiger partial charge in [0, 0.05) is 6.54 Å². The lowest BCUT2D eigenvalue weighted by Crippen LogP contribution is -2.30. The van der Waals surface area contributed by atoms with E-state index in [1.165, 1.54) is 0 Å². The molecule has 1 N–H and O–H groups in total. The van der Waals surface area contributed by atoms with Gasteiger partial charge >= 0.3 is 0 Å². The van der Waals surface area contributed by atoms with Gasteiger partial charge in [-0.25, -0.2) is 13.1 Å². The van der Waals surface area contributed by atoms with E-state index in [4.69, 9.17) is 5.26 Å². The molecule has 4 nitrogen and oxygen atoms in total. The summed E-state index contributed by atoms with van der Waals surface area (Å²) in [6, 6.07) is 8.62. The van der Waals surface area contributed by atoms with E-state index in [1.54, 1.807) is 24.3 Å². The fourth-order valence-electron chi connectivity index (χ4n) is 1.77. The smallest absolute Gasteiger partial charge is 0.215 e. The Balaban J connectivity index is 2.61. The third-order valence-electron chi connectivity index (χ3n) is 3.19. The van der Waals surface area contributed by atoms with E-state index in [9.17, 15) is 8.42 Å². The Hall–Kier alpha value is -1.38. The summed E-state index contributed by atoms with van der Waals surface area (Å²) in [4.78, 5) is 0. The second-order valence-corrected chi connectivity index (χ2v) is 6.41.